The molecule has 0 bridgehead atoms. The van der Waals surface area contributed by atoms with Gasteiger partial charge in [-0.25, -0.2) is 4.85 Å². The first-order valence-electron chi connectivity index (χ1n) is 12.2. The number of thiophene rings is 1. The highest BCUT2D eigenvalue weighted by molar-refractivity contribution is 7.26. The Hall–Kier alpha value is -4.78. The average molecular weight is 489 g/mol. The lowest BCUT2D eigenvalue weighted by molar-refractivity contribution is 1.33. The number of aromatic nitrogens is 1. The molecule has 7 aromatic rings. The minimum Gasteiger partial charge on any atom is -0.259 e. The molecular formula is C34H20N2S. The summed E-state index contributed by atoms with van der Waals surface area (Å²) in [5.41, 5.74) is 7.26. The maximum absolute atomic E-state index is 7.35. The molecule has 0 aliphatic rings. The number of hydrogen-bond donors (Lipinski definition) is 0. The van der Waals surface area contributed by atoms with Crippen molar-refractivity contribution >= 4 is 48.0 Å². The fraction of sp³-hybridized carbons (Fsp3) is 0. The first-order valence-corrected chi connectivity index (χ1v) is 13.0. The van der Waals surface area contributed by atoms with Crippen LogP contribution in [-0.2, 0) is 0 Å². The molecule has 0 unspecified atom stereocenters. The average Bonchev–Trinajstić information content (AvgIpc) is 3.35. The van der Waals surface area contributed by atoms with Crippen LogP contribution in [0.3, 0.4) is 0 Å². The summed E-state index contributed by atoms with van der Waals surface area (Å²) in [6, 6.07) is 40.5. The molecule has 2 aromatic heterocycles. The normalized spacial score (nSPS) is 11.2. The molecule has 2 heterocycles. The van der Waals surface area contributed by atoms with Crippen LogP contribution in [0.2, 0.25) is 0 Å². The summed E-state index contributed by atoms with van der Waals surface area (Å²) in [5, 5.41) is 5.13. The summed E-state index contributed by atoms with van der Waals surface area (Å²) in [4.78, 5) is 8.10. The first kappa shape index (κ1) is 21.5. The molecule has 37 heavy (non-hydrogen) atoms. The summed E-state index contributed by atoms with van der Waals surface area (Å²) < 4.78 is 2.58. The van der Waals surface area contributed by atoms with Crippen LogP contribution in [0.5, 0.6) is 0 Å². The predicted molar refractivity (Wildman–Crippen MR) is 157 cm³/mol. The number of rotatable bonds is 3. The maximum atomic E-state index is 7.35. The van der Waals surface area contributed by atoms with Crippen molar-refractivity contribution in [1.82, 2.24) is 4.98 Å². The van der Waals surface area contributed by atoms with Gasteiger partial charge in [-0.2, -0.15) is 0 Å². The van der Waals surface area contributed by atoms with Crippen LogP contribution in [-0.4, -0.2) is 4.98 Å². The molecule has 7 rings (SSSR count). The van der Waals surface area contributed by atoms with Crippen LogP contribution >= 0.6 is 11.3 Å². The van der Waals surface area contributed by atoms with Crippen molar-refractivity contribution in [2.75, 3.05) is 0 Å². The van der Waals surface area contributed by atoms with E-state index >= 15 is 0 Å². The molecule has 0 N–H and O–H groups in total. The smallest absolute Gasteiger partial charge is 0.190 e. The third-order valence-electron chi connectivity index (χ3n) is 6.93. The zero-order chi connectivity index (χ0) is 24.8. The summed E-state index contributed by atoms with van der Waals surface area (Å²) >= 11 is 1.85. The van der Waals surface area contributed by atoms with E-state index < -0.39 is 0 Å². The van der Waals surface area contributed by atoms with E-state index in [2.05, 4.69) is 113 Å². The summed E-state index contributed by atoms with van der Waals surface area (Å²) in [6.45, 7) is 7.35. The van der Waals surface area contributed by atoms with Gasteiger partial charge in [-0.05, 0) is 68.9 Å². The third kappa shape index (κ3) is 3.67. The monoisotopic (exact) mass is 488 g/mol. The highest BCUT2D eigenvalue weighted by Gasteiger charge is 2.15. The summed E-state index contributed by atoms with van der Waals surface area (Å²) in [5.74, 6) is 0. The largest absolute Gasteiger partial charge is 0.259 e. The molecule has 0 aliphatic heterocycles. The Bertz CT molecular complexity index is 1990. The topological polar surface area (TPSA) is 17.2 Å². The molecule has 0 atom stereocenters. The van der Waals surface area contributed by atoms with Crippen molar-refractivity contribution in [2.24, 2.45) is 0 Å². The Kier molecular flexibility index (Phi) is 5.06. The highest BCUT2D eigenvalue weighted by Crippen LogP contribution is 2.44. The van der Waals surface area contributed by atoms with Crippen LogP contribution in [0.4, 0.5) is 5.69 Å². The van der Waals surface area contributed by atoms with Crippen LogP contribution < -0.4 is 0 Å². The predicted octanol–water partition coefficient (Wildman–Crippen LogP) is 10.2. The molecule has 5 aromatic carbocycles. The van der Waals surface area contributed by atoms with Gasteiger partial charge in [0.2, 0.25) is 0 Å². The second-order valence-corrected chi connectivity index (χ2v) is 10.2. The van der Waals surface area contributed by atoms with Crippen molar-refractivity contribution in [3.63, 3.8) is 0 Å². The van der Waals surface area contributed by atoms with Gasteiger partial charge in [0, 0.05) is 26.4 Å². The fourth-order valence-electron chi connectivity index (χ4n) is 5.18. The van der Waals surface area contributed by atoms with Gasteiger partial charge in [0.25, 0.3) is 0 Å². The Labute approximate surface area is 218 Å². The number of fused-ring (bicyclic) bond motifs is 5. The third-order valence-corrected chi connectivity index (χ3v) is 8.03. The Balaban J connectivity index is 1.44. The van der Waals surface area contributed by atoms with Crippen molar-refractivity contribution in [2.45, 2.75) is 0 Å². The highest BCUT2D eigenvalue weighted by atomic mass is 32.1. The number of hydrogen-bond acceptors (Lipinski definition) is 2. The molecule has 0 amide bonds. The number of nitrogens with zero attached hydrogens (tertiary/aromatic N) is 2. The molecule has 0 saturated heterocycles. The molecule has 0 spiro atoms. The van der Waals surface area contributed by atoms with Crippen LogP contribution in [0, 0.1) is 6.57 Å². The van der Waals surface area contributed by atoms with E-state index in [0.717, 1.165) is 16.8 Å². The minimum atomic E-state index is 0.599. The SMILES string of the molecule is [C-]#[N+]c1ccnc(-c2cccc(-c3cc4sc5cc(-c6ccccc6)ccc5c4c4ccccc34)c2)c1. The standard InChI is InChI=1S/C34H20N2S/c1-35-26-16-17-36-31(20-26)25-11-7-10-24(18-25)30-21-33-34(28-13-6-5-12-27(28)30)29-15-14-23(19-32(29)37-33)22-8-3-2-4-9-22/h2-21H. The van der Waals surface area contributed by atoms with Gasteiger partial charge >= 0.3 is 0 Å². The lowest BCUT2D eigenvalue weighted by Gasteiger charge is -2.11. The quantitative estimate of drug-likeness (QED) is 0.226. The zero-order valence-corrected chi connectivity index (χ0v) is 20.7. The van der Waals surface area contributed by atoms with Gasteiger partial charge in [0.15, 0.2) is 5.69 Å². The van der Waals surface area contributed by atoms with Crippen molar-refractivity contribution < 1.29 is 0 Å². The molecular weight excluding hydrogens is 468 g/mol. The lowest BCUT2D eigenvalue weighted by atomic mass is 9.93. The van der Waals surface area contributed by atoms with E-state index in [0.29, 0.717) is 5.69 Å². The van der Waals surface area contributed by atoms with E-state index in [4.69, 9.17) is 6.57 Å². The second-order valence-electron chi connectivity index (χ2n) is 9.11. The number of pyridine rings is 1. The van der Waals surface area contributed by atoms with Crippen LogP contribution in [0.1, 0.15) is 0 Å². The van der Waals surface area contributed by atoms with Crippen LogP contribution in [0.25, 0.3) is 69.3 Å². The maximum Gasteiger partial charge on any atom is 0.190 e. The van der Waals surface area contributed by atoms with E-state index in [9.17, 15) is 0 Å². The second kappa shape index (κ2) is 8.71. The van der Waals surface area contributed by atoms with Gasteiger partial charge < -0.3 is 0 Å². The number of benzene rings is 5. The molecule has 2 nitrogen and oxygen atoms in total. The molecule has 0 aliphatic carbocycles. The Morgan fingerprint density at radius 1 is 0.568 bits per heavy atom. The van der Waals surface area contributed by atoms with E-state index in [1.807, 2.05) is 17.4 Å². The Morgan fingerprint density at radius 3 is 2.22 bits per heavy atom. The van der Waals surface area contributed by atoms with E-state index in [1.165, 1.54) is 47.6 Å². The summed E-state index contributed by atoms with van der Waals surface area (Å²) in [7, 11) is 0. The van der Waals surface area contributed by atoms with Crippen molar-refractivity contribution in [1.29, 1.82) is 0 Å². The minimum absolute atomic E-state index is 0.599. The molecule has 0 saturated carbocycles. The summed E-state index contributed by atoms with van der Waals surface area (Å²) in [6.07, 6.45) is 1.71. The molecule has 0 fully saturated rings. The van der Waals surface area contributed by atoms with Gasteiger partial charge in [0.05, 0.1) is 12.3 Å². The fourth-order valence-corrected chi connectivity index (χ4v) is 6.38. The Morgan fingerprint density at radius 2 is 1.35 bits per heavy atom. The van der Waals surface area contributed by atoms with Gasteiger partial charge in [-0.3, -0.25) is 4.98 Å². The van der Waals surface area contributed by atoms with Crippen molar-refractivity contribution in [3.05, 3.63) is 133 Å². The van der Waals surface area contributed by atoms with E-state index in [1.54, 1.807) is 12.3 Å². The first-order chi connectivity index (χ1) is 18.3. The van der Waals surface area contributed by atoms with Crippen molar-refractivity contribution in [3.8, 4) is 33.5 Å². The lowest BCUT2D eigenvalue weighted by Crippen LogP contribution is -1.86. The molecule has 0 radical (unpaired) electrons. The van der Waals surface area contributed by atoms with Gasteiger partial charge in [0.1, 0.15) is 0 Å². The van der Waals surface area contributed by atoms with Crippen LogP contribution in [0.15, 0.2) is 121 Å². The van der Waals surface area contributed by atoms with Gasteiger partial charge in [-0.15, -0.1) is 11.3 Å². The van der Waals surface area contributed by atoms with Gasteiger partial charge in [-0.1, -0.05) is 84.9 Å². The molecule has 3 heteroatoms. The zero-order valence-electron chi connectivity index (χ0n) is 19.8. The van der Waals surface area contributed by atoms with E-state index in [-0.39, 0.29) is 0 Å². The molecule has 172 valence electrons.